The zero-order chi connectivity index (χ0) is 19.1. The van der Waals surface area contributed by atoms with Gasteiger partial charge in [0.25, 0.3) is 0 Å². The summed E-state index contributed by atoms with van der Waals surface area (Å²) in [6.45, 7) is 3.26. The maximum atomic E-state index is 11.9. The number of carbonyl (C=O) groups is 2. The van der Waals surface area contributed by atoms with Crippen LogP contribution in [-0.4, -0.2) is 23.3 Å². The number of benzene rings is 1. The van der Waals surface area contributed by atoms with Crippen molar-refractivity contribution in [3.63, 3.8) is 0 Å². The van der Waals surface area contributed by atoms with E-state index in [1.165, 1.54) is 0 Å². The van der Waals surface area contributed by atoms with Gasteiger partial charge in [0.15, 0.2) is 0 Å². The Bertz CT molecular complexity index is 779. The molecule has 142 valence electrons. The molecule has 27 heavy (non-hydrogen) atoms. The second kappa shape index (κ2) is 9.16. The zero-order valence-electron chi connectivity index (χ0n) is 15.5. The third kappa shape index (κ3) is 6.09. The number of rotatable bonds is 9. The molecule has 1 aromatic carbocycles. The Morgan fingerprint density at radius 3 is 2.78 bits per heavy atom. The minimum absolute atomic E-state index is 0.0630. The lowest BCUT2D eigenvalue weighted by Crippen LogP contribution is -2.31. The first-order valence-electron chi connectivity index (χ1n) is 9.28. The fraction of sp³-hybridized carbons (Fsp3) is 0.381. The van der Waals surface area contributed by atoms with Crippen LogP contribution in [-0.2, 0) is 22.7 Å². The van der Waals surface area contributed by atoms with Gasteiger partial charge in [0.1, 0.15) is 12.4 Å². The van der Waals surface area contributed by atoms with Gasteiger partial charge >= 0.3 is 0 Å². The molecule has 1 fully saturated rings. The quantitative estimate of drug-likeness (QED) is 0.713. The summed E-state index contributed by atoms with van der Waals surface area (Å²) in [5.74, 6) is 1.33. The van der Waals surface area contributed by atoms with Gasteiger partial charge in [-0.25, -0.2) is 0 Å². The van der Waals surface area contributed by atoms with Crippen LogP contribution in [0.15, 0.2) is 48.7 Å². The summed E-state index contributed by atoms with van der Waals surface area (Å²) >= 11 is 0. The molecule has 6 nitrogen and oxygen atoms in total. The number of carbonyl (C=O) groups excluding carboxylic acids is 2. The van der Waals surface area contributed by atoms with Gasteiger partial charge in [0, 0.05) is 31.6 Å². The highest BCUT2D eigenvalue weighted by molar-refractivity contribution is 5.82. The second-order valence-corrected chi connectivity index (χ2v) is 6.89. The molecule has 3 rings (SSSR count). The SMILES string of the molecule is CC1CC1C(=O)NCCC(=O)NCc1cccc(OCc2ccccn2)c1. The number of ether oxygens (including phenoxy) is 1. The van der Waals surface area contributed by atoms with E-state index in [1.54, 1.807) is 6.20 Å². The predicted octanol–water partition coefficient (Wildman–Crippen LogP) is 2.44. The first-order chi connectivity index (χ1) is 13.1. The van der Waals surface area contributed by atoms with E-state index in [9.17, 15) is 9.59 Å². The molecular formula is C21H25N3O3. The van der Waals surface area contributed by atoms with Gasteiger partial charge in [-0.3, -0.25) is 14.6 Å². The van der Waals surface area contributed by atoms with Crippen molar-refractivity contribution in [3.05, 3.63) is 59.9 Å². The molecule has 1 aromatic heterocycles. The van der Waals surface area contributed by atoms with E-state index in [0.29, 0.717) is 25.6 Å². The summed E-state index contributed by atoms with van der Waals surface area (Å²) in [6.07, 6.45) is 2.97. The van der Waals surface area contributed by atoms with Gasteiger partial charge < -0.3 is 15.4 Å². The summed E-state index contributed by atoms with van der Waals surface area (Å²) in [7, 11) is 0. The van der Waals surface area contributed by atoms with Crippen LogP contribution in [0.5, 0.6) is 5.75 Å². The van der Waals surface area contributed by atoms with Gasteiger partial charge in [-0.05, 0) is 42.2 Å². The van der Waals surface area contributed by atoms with Crippen LogP contribution in [0, 0.1) is 11.8 Å². The number of aromatic nitrogens is 1. The largest absolute Gasteiger partial charge is 0.487 e. The van der Waals surface area contributed by atoms with Crippen molar-refractivity contribution in [2.75, 3.05) is 6.54 Å². The smallest absolute Gasteiger partial charge is 0.223 e. The Balaban J connectivity index is 1.37. The second-order valence-electron chi connectivity index (χ2n) is 6.89. The molecule has 0 radical (unpaired) electrons. The number of hydrogen-bond acceptors (Lipinski definition) is 4. The average molecular weight is 367 g/mol. The van der Waals surface area contributed by atoms with E-state index in [2.05, 4.69) is 22.5 Å². The molecule has 0 saturated heterocycles. The molecule has 1 saturated carbocycles. The Kier molecular flexibility index (Phi) is 6.41. The summed E-state index contributed by atoms with van der Waals surface area (Å²) in [5, 5.41) is 5.69. The normalized spacial score (nSPS) is 17.8. The van der Waals surface area contributed by atoms with Crippen molar-refractivity contribution in [2.45, 2.75) is 32.9 Å². The predicted molar refractivity (Wildman–Crippen MR) is 102 cm³/mol. The molecule has 2 N–H and O–H groups in total. The van der Waals surface area contributed by atoms with Crippen molar-refractivity contribution in [2.24, 2.45) is 11.8 Å². The van der Waals surface area contributed by atoms with E-state index in [4.69, 9.17) is 4.74 Å². The van der Waals surface area contributed by atoms with E-state index in [-0.39, 0.29) is 24.2 Å². The van der Waals surface area contributed by atoms with Crippen LogP contribution in [0.2, 0.25) is 0 Å². The summed E-state index contributed by atoms with van der Waals surface area (Å²) in [4.78, 5) is 27.9. The number of nitrogens with zero attached hydrogens (tertiary/aromatic N) is 1. The van der Waals surface area contributed by atoms with E-state index in [1.807, 2.05) is 42.5 Å². The molecule has 1 heterocycles. The highest BCUT2D eigenvalue weighted by atomic mass is 16.5. The van der Waals surface area contributed by atoms with Crippen LogP contribution in [0.3, 0.4) is 0 Å². The fourth-order valence-corrected chi connectivity index (χ4v) is 2.79. The Morgan fingerprint density at radius 1 is 1.19 bits per heavy atom. The monoisotopic (exact) mass is 367 g/mol. The number of amides is 2. The third-order valence-corrected chi connectivity index (χ3v) is 4.60. The topological polar surface area (TPSA) is 80.3 Å². The van der Waals surface area contributed by atoms with Gasteiger partial charge in [-0.15, -0.1) is 0 Å². The maximum absolute atomic E-state index is 11.9. The number of pyridine rings is 1. The molecule has 2 aromatic rings. The molecular weight excluding hydrogens is 342 g/mol. The molecule has 2 atom stereocenters. The molecule has 0 bridgehead atoms. The maximum Gasteiger partial charge on any atom is 0.223 e. The van der Waals surface area contributed by atoms with Crippen LogP contribution in [0.25, 0.3) is 0 Å². The Morgan fingerprint density at radius 2 is 2.04 bits per heavy atom. The standard InChI is InChI=1S/C21H25N3O3/c1-15-11-19(15)21(26)23-10-8-20(25)24-13-16-5-4-7-18(12-16)27-14-17-6-2-3-9-22-17/h2-7,9,12,15,19H,8,10-11,13-14H2,1H3,(H,23,26)(H,24,25). The average Bonchev–Trinajstić information content (AvgIpc) is 3.43. The summed E-state index contributed by atoms with van der Waals surface area (Å²) < 4.78 is 5.75. The van der Waals surface area contributed by atoms with Crippen molar-refractivity contribution < 1.29 is 14.3 Å². The summed E-state index contributed by atoms with van der Waals surface area (Å²) in [5.41, 5.74) is 1.82. The summed E-state index contributed by atoms with van der Waals surface area (Å²) in [6, 6.07) is 13.3. The van der Waals surface area contributed by atoms with Crippen molar-refractivity contribution in [1.82, 2.24) is 15.6 Å². The Labute approximate surface area is 159 Å². The van der Waals surface area contributed by atoms with Crippen molar-refractivity contribution >= 4 is 11.8 Å². The minimum Gasteiger partial charge on any atom is -0.487 e. The lowest BCUT2D eigenvalue weighted by atomic mass is 10.2. The molecule has 2 unspecified atom stereocenters. The number of hydrogen-bond donors (Lipinski definition) is 2. The molecule has 1 aliphatic carbocycles. The van der Waals surface area contributed by atoms with E-state index in [0.717, 1.165) is 23.4 Å². The highest BCUT2D eigenvalue weighted by Crippen LogP contribution is 2.37. The first kappa shape index (κ1) is 18.9. The van der Waals surface area contributed by atoms with Gasteiger partial charge in [-0.1, -0.05) is 25.1 Å². The van der Waals surface area contributed by atoms with Gasteiger partial charge in [0.2, 0.25) is 11.8 Å². The van der Waals surface area contributed by atoms with Crippen LogP contribution in [0.4, 0.5) is 0 Å². The zero-order valence-corrected chi connectivity index (χ0v) is 15.5. The molecule has 0 aliphatic heterocycles. The lowest BCUT2D eigenvalue weighted by molar-refractivity contribution is -0.123. The van der Waals surface area contributed by atoms with E-state index < -0.39 is 0 Å². The first-order valence-corrected chi connectivity index (χ1v) is 9.28. The molecule has 2 amide bonds. The fourth-order valence-electron chi connectivity index (χ4n) is 2.79. The van der Waals surface area contributed by atoms with Crippen LogP contribution in [0.1, 0.15) is 31.0 Å². The number of nitrogens with one attached hydrogen (secondary N) is 2. The van der Waals surface area contributed by atoms with Crippen LogP contribution < -0.4 is 15.4 Å². The molecule has 1 aliphatic rings. The van der Waals surface area contributed by atoms with Crippen molar-refractivity contribution in [1.29, 1.82) is 0 Å². The van der Waals surface area contributed by atoms with Gasteiger partial charge in [0.05, 0.1) is 5.69 Å². The lowest BCUT2D eigenvalue weighted by Gasteiger charge is -2.09. The van der Waals surface area contributed by atoms with Crippen molar-refractivity contribution in [3.8, 4) is 5.75 Å². The van der Waals surface area contributed by atoms with Gasteiger partial charge in [-0.2, -0.15) is 0 Å². The van der Waals surface area contributed by atoms with Crippen LogP contribution >= 0.6 is 0 Å². The third-order valence-electron chi connectivity index (χ3n) is 4.60. The van der Waals surface area contributed by atoms with E-state index >= 15 is 0 Å². The highest BCUT2D eigenvalue weighted by Gasteiger charge is 2.38. The molecule has 0 spiro atoms. The molecule has 6 heteroatoms. The minimum atomic E-state index is -0.0843. The Hall–Kier alpha value is -2.89.